The lowest BCUT2D eigenvalue weighted by molar-refractivity contribution is -0.126. The Hall–Kier alpha value is -4.56. The normalized spacial score (nSPS) is 15.2. The lowest BCUT2D eigenvalue weighted by Gasteiger charge is -2.40. The van der Waals surface area contributed by atoms with Gasteiger partial charge in [0.1, 0.15) is 5.82 Å². The Balaban J connectivity index is 1.83. The molecule has 1 aromatic carbocycles. The minimum atomic E-state index is -0.468. The van der Waals surface area contributed by atoms with Gasteiger partial charge in [0.2, 0.25) is 5.91 Å². The van der Waals surface area contributed by atoms with Crippen molar-refractivity contribution < 1.29 is 4.79 Å². The average Bonchev–Trinajstić information content (AvgIpc) is 3.00. The molecule has 9 heteroatoms. The highest BCUT2D eigenvalue weighted by Gasteiger charge is 2.30. The third-order valence-corrected chi connectivity index (χ3v) is 8.12. The van der Waals surface area contributed by atoms with Crippen molar-refractivity contribution >= 4 is 46.5 Å². The van der Waals surface area contributed by atoms with Gasteiger partial charge in [0.25, 0.3) is 0 Å². The molecule has 220 valence electrons. The lowest BCUT2D eigenvalue weighted by atomic mass is 10.0. The Morgan fingerprint density at radius 3 is 2.37 bits per heavy atom. The maximum Gasteiger partial charge on any atom is 0.355 e. The molecule has 1 amide bonds. The number of halogens is 1. The summed E-state index contributed by atoms with van der Waals surface area (Å²) in [6.45, 7) is 20.9. The molecule has 0 bridgehead atoms. The number of anilines is 1. The summed E-state index contributed by atoms with van der Waals surface area (Å²) in [5.41, 5.74) is 5.34. The van der Waals surface area contributed by atoms with E-state index in [1.165, 1.54) is 6.08 Å². The van der Waals surface area contributed by atoms with Crippen LogP contribution in [0.4, 0.5) is 5.82 Å². The van der Waals surface area contributed by atoms with Crippen molar-refractivity contribution in [1.29, 1.82) is 0 Å². The minimum absolute atomic E-state index is 0.0400. The van der Waals surface area contributed by atoms with Gasteiger partial charge in [-0.3, -0.25) is 9.78 Å². The fourth-order valence-corrected chi connectivity index (χ4v) is 5.92. The van der Waals surface area contributed by atoms with Crippen molar-refractivity contribution in [3.05, 3.63) is 100 Å². The Labute approximate surface area is 256 Å². The van der Waals surface area contributed by atoms with Gasteiger partial charge in [-0.15, -0.1) is 0 Å². The Bertz CT molecular complexity index is 1820. The van der Waals surface area contributed by atoms with Crippen molar-refractivity contribution in [1.82, 2.24) is 24.4 Å². The number of amides is 1. The molecule has 43 heavy (non-hydrogen) atoms. The van der Waals surface area contributed by atoms with E-state index in [2.05, 4.69) is 29.7 Å². The molecule has 1 atom stereocenters. The summed E-state index contributed by atoms with van der Waals surface area (Å²) >= 11 is 6.99. The molecule has 1 aliphatic rings. The summed E-state index contributed by atoms with van der Waals surface area (Å²) in [4.78, 5) is 44.6. The number of pyridine rings is 2. The van der Waals surface area contributed by atoms with Gasteiger partial charge < -0.3 is 9.80 Å². The van der Waals surface area contributed by atoms with Crippen molar-refractivity contribution in [2.75, 3.05) is 24.5 Å². The summed E-state index contributed by atoms with van der Waals surface area (Å²) in [7, 11) is 0. The molecule has 1 saturated heterocycles. The van der Waals surface area contributed by atoms with E-state index in [0.717, 1.165) is 27.9 Å². The highest BCUT2D eigenvalue weighted by atomic mass is 35.5. The monoisotopic (exact) mass is 594 g/mol. The van der Waals surface area contributed by atoms with Crippen LogP contribution in [0, 0.1) is 6.92 Å². The molecular weight excluding hydrogens is 560 g/mol. The number of aryl methyl sites for hydroxylation is 1. The van der Waals surface area contributed by atoms with E-state index in [-0.39, 0.29) is 17.9 Å². The molecule has 1 aliphatic heterocycles. The minimum Gasteiger partial charge on any atom is -0.350 e. The molecule has 1 fully saturated rings. The molecule has 5 rings (SSSR count). The topological polar surface area (TPSA) is 84.2 Å². The fourth-order valence-electron chi connectivity index (χ4n) is 5.66. The number of carbonyl (C=O) groups excluding carboxylic acids is 1. The zero-order valence-corrected chi connectivity index (χ0v) is 25.7. The number of piperazine rings is 1. The quantitative estimate of drug-likeness (QED) is 0.229. The number of rotatable bonds is 7. The van der Waals surface area contributed by atoms with E-state index >= 15 is 0 Å². The lowest BCUT2D eigenvalue weighted by Crippen LogP contribution is -2.54. The van der Waals surface area contributed by atoms with Crippen LogP contribution in [0.3, 0.4) is 0 Å². The highest BCUT2D eigenvalue weighted by molar-refractivity contribution is 6.34. The van der Waals surface area contributed by atoms with Gasteiger partial charge in [-0.1, -0.05) is 57.3 Å². The number of nitrogens with zero attached hydrogens (tertiary/aromatic N) is 6. The molecule has 0 N–H and O–H groups in total. The predicted molar refractivity (Wildman–Crippen MR) is 176 cm³/mol. The van der Waals surface area contributed by atoms with Crippen LogP contribution in [-0.4, -0.2) is 56.0 Å². The van der Waals surface area contributed by atoms with Crippen molar-refractivity contribution in [2.45, 2.75) is 39.7 Å². The van der Waals surface area contributed by atoms with Gasteiger partial charge in [-0.2, -0.15) is 4.98 Å². The smallest absolute Gasteiger partial charge is 0.350 e. The second kappa shape index (κ2) is 12.0. The van der Waals surface area contributed by atoms with E-state index in [1.807, 2.05) is 62.9 Å². The Morgan fingerprint density at radius 1 is 1.07 bits per heavy atom. The summed E-state index contributed by atoms with van der Waals surface area (Å²) in [6, 6.07) is 9.48. The van der Waals surface area contributed by atoms with E-state index in [9.17, 15) is 9.59 Å². The fraction of sp³-hybridized carbons (Fsp3) is 0.265. The first kappa shape index (κ1) is 29.9. The number of hydrogen-bond acceptors (Lipinski definition) is 6. The highest BCUT2D eigenvalue weighted by Crippen LogP contribution is 2.36. The number of benzene rings is 1. The van der Waals surface area contributed by atoms with Gasteiger partial charge in [0, 0.05) is 37.4 Å². The zero-order chi connectivity index (χ0) is 31.0. The summed E-state index contributed by atoms with van der Waals surface area (Å²) in [5, 5.41) is 1.04. The molecule has 4 heterocycles. The third-order valence-electron chi connectivity index (χ3n) is 7.83. The van der Waals surface area contributed by atoms with Crippen LogP contribution in [0.25, 0.3) is 40.1 Å². The molecule has 4 aromatic rings. The average molecular weight is 595 g/mol. The first-order valence-corrected chi connectivity index (χ1v) is 14.6. The van der Waals surface area contributed by atoms with E-state index < -0.39 is 5.69 Å². The third kappa shape index (κ3) is 5.50. The van der Waals surface area contributed by atoms with Gasteiger partial charge in [-0.25, -0.2) is 14.3 Å². The van der Waals surface area contributed by atoms with E-state index in [4.69, 9.17) is 16.6 Å². The van der Waals surface area contributed by atoms with Crippen LogP contribution in [-0.2, 0) is 4.79 Å². The standard InChI is InChI=1S/C34H35ClN6O2/c1-8-23-15-24(9-2)17-25(16-23)30-27(35)18-26-32(40-14-13-39(19-22(40)7)28(42)10-3)38-34(43)41(33(26)37-30)31-21(6)11-12-36-29(31)20(4)5/h8-12,15-18,20,22H,1-3,13-14,19H2,4-7H3/t22-/m0/s1. The second-order valence-corrected chi connectivity index (χ2v) is 11.5. The summed E-state index contributed by atoms with van der Waals surface area (Å²) < 4.78 is 1.56. The van der Waals surface area contributed by atoms with Crippen LogP contribution in [0.15, 0.2) is 67.1 Å². The first-order chi connectivity index (χ1) is 20.6. The maximum absolute atomic E-state index is 14.1. The van der Waals surface area contributed by atoms with Crippen LogP contribution in [0.5, 0.6) is 0 Å². The van der Waals surface area contributed by atoms with Crippen molar-refractivity contribution in [3.8, 4) is 16.9 Å². The molecular formula is C34H35ClN6O2. The van der Waals surface area contributed by atoms with E-state index in [0.29, 0.717) is 52.9 Å². The molecule has 8 nitrogen and oxygen atoms in total. The van der Waals surface area contributed by atoms with Crippen LogP contribution < -0.4 is 10.6 Å². The van der Waals surface area contributed by atoms with Gasteiger partial charge >= 0.3 is 5.69 Å². The summed E-state index contributed by atoms with van der Waals surface area (Å²) in [6.07, 6.45) is 6.59. The first-order valence-electron chi connectivity index (χ1n) is 14.2. The predicted octanol–water partition coefficient (Wildman–Crippen LogP) is 6.44. The number of fused-ring (bicyclic) bond motifs is 1. The number of hydrogen-bond donors (Lipinski definition) is 0. The molecule has 3 aromatic heterocycles. The van der Waals surface area contributed by atoms with Gasteiger partial charge in [0.05, 0.1) is 27.5 Å². The van der Waals surface area contributed by atoms with Gasteiger partial charge in [0.15, 0.2) is 5.65 Å². The molecule has 0 spiro atoms. The number of carbonyl (C=O) groups is 1. The largest absolute Gasteiger partial charge is 0.355 e. The van der Waals surface area contributed by atoms with Crippen LogP contribution in [0.1, 0.15) is 49.1 Å². The Morgan fingerprint density at radius 2 is 1.77 bits per heavy atom. The maximum atomic E-state index is 14.1. The molecule has 0 aliphatic carbocycles. The summed E-state index contributed by atoms with van der Waals surface area (Å²) in [5.74, 6) is 0.399. The number of aromatic nitrogens is 4. The molecule has 0 radical (unpaired) electrons. The second-order valence-electron chi connectivity index (χ2n) is 11.1. The van der Waals surface area contributed by atoms with E-state index in [1.54, 1.807) is 27.8 Å². The molecule has 0 saturated carbocycles. The van der Waals surface area contributed by atoms with Crippen molar-refractivity contribution in [3.63, 3.8) is 0 Å². The van der Waals surface area contributed by atoms with Crippen LogP contribution >= 0.6 is 11.6 Å². The van der Waals surface area contributed by atoms with Crippen molar-refractivity contribution in [2.24, 2.45) is 0 Å². The van der Waals surface area contributed by atoms with Crippen LogP contribution in [0.2, 0.25) is 5.02 Å². The Kier molecular flexibility index (Phi) is 8.33. The molecule has 0 unspecified atom stereocenters. The zero-order valence-electron chi connectivity index (χ0n) is 25.0. The SMILES string of the molecule is C=CC(=O)N1CCN(c2nc(=O)n(-c3c(C)ccnc3C(C)C)c3nc(-c4cc(C=C)cc(C=C)c4)c(Cl)cc23)[C@@H](C)C1. The van der Waals surface area contributed by atoms with Gasteiger partial charge in [-0.05, 0) is 72.9 Å².